The lowest BCUT2D eigenvalue weighted by Crippen LogP contribution is -2.33. The second kappa shape index (κ2) is 19.2. The molecule has 0 saturated heterocycles. The molecule has 1 amide bonds. The van der Waals surface area contributed by atoms with Gasteiger partial charge in [0.1, 0.15) is 11.5 Å². The molecule has 3 unspecified atom stereocenters. The van der Waals surface area contributed by atoms with Crippen molar-refractivity contribution < 1.29 is 38.0 Å². The summed E-state index contributed by atoms with van der Waals surface area (Å²) >= 11 is 0. The highest BCUT2D eigenvalue weighted by Gasteiger charge is 2.35. The number of nitrogens with zero attached hydrogens (tertiary/aromatic N) is 1. The third-order valence-electron chi connectivity index (χ3n) is 8.67. The summed E-state index contributed by atoms with van der Waals surface area (Å²) < 4.78 is 0. The van der Waals surface area contributed by atoms with E-state index >= 15 is 0 Å². The van der Waals surface area contributed by atoms with Gasteiger partial charge < -0.3 is 26.5 Å². The van der Waals surface area contributed by atoms with Crippen LogP contribution in [0.25, 0.3) is 5.57 Å². The molecule has 3 atom stereocenters. The Kier molecular flexibility index (Phi) is 16.1. The van der Waals surface area contributed by atoms with E-state index in [1.165, 1.54) is 5.57 Å². The fourth-order valence-corrected chi connectivity index (χ4v) is 6.68. The Bertz CT molecular complexity index is 1290. The maximum Gasteiger partial charge on any atom is 0.224 e. The first kappa shape index (κ1) is 37.8. The highest BCUT2D eigenvalue weighted by Crippen LogP contribution is 2.40. The Morgan fingerprint density at radius 3 is 2.36 bits per heavy atom. The minimum Gasteiger partial charge on any atom is -0.507 e. The molecule has 45 heavy (non-hydrogen) atoms. The molecule has 252 valence electrons. The normalized spacial score (nSPS) is 21.7. The monoisotopic (exact) mass is 628 g/mol. The molecule has 0 saturated carbocycles. The third-order valence-corrected chi connectivity index (χ3v) is 8.67. The molecule has 2 aliphatic carbocycles. The van der Waals surface area contributed by atoms with Crippen LogP contribution < -0.4 is 5.73 Å². The van der Waals surface area contributed by atoms with Crippen molar-refractivity contribution in [2.45, 2.75) is 71.6 Å². The van der Waals surface area contributed by atoms with E-state index in [4.69, 9.17) is 5.73 Å². The number of allylic oxidation sites excluding steroid dienone is 7. The summed E-state index contributed by atoms with van der Waals surface area (Å²) in [6.07, 6.45) is 17.3. The molecule has 0 aliphatic heterocycles. The van der Waals surface area contributed by atoms with Crippen LogP contribution in [0.5, 0.6) is 5.75 Å². The number of primary amides is 1. The van der Waals surface area contributed by atoms with Crippen molar-refractivity contribution in [3.8, 4) is 5.75 Å². The van der Waals surface area contributed by atoms with Gasteiger partial charge in [-0.25, -0.2) is 0 Å². The first-order chi connectivity index (χ1) is 21.2. The smallest absolute Gasteiger partial charge is 0.224 e. The number of amides is 1. The lowest BCUT2D eigenvalue weighted by Gasteiger charge is -2.32. The molecule has 0 aromatic heterocycles. The van der Waals surface area contributed by atoms with E-state index in [0.29, 0.717) is 24.8 Å². The van der Waals surface area contributed by atoms with Crippen LogP contribution in [0.2, 0.25) is 0 Å². The zero-order valence-corrected chi connectivity index (χ0v) is 26.8. The van der Waals surface area contributed by atoms with Crippen LogP contribution in [0, 0.1) is 17.8 Å². The molecule has 9 nitrogen and oxygen atoms in total. The number of aromatic hydroxyl groups is 1. The fraction of sp³-hybridized carbons (Fsp3) is 0.528. The number of Topliss-reactive ketones (excluding diaryl/α,β-unsaturated/α-hetero) is 2. The maximum absolute atomic E-state index is 13.5. The number of aliphatic hydroxyl groups is 2. The molecule has 0 radical (unpaired) electrons. The second-order valence-electron chi connectivity index (χ2n) is 12.1. The maximum atomic E-state index is 13.5. The van der Waals surface area contributed by atoms with Crippen molar-refractivity contribution in [3.63, 3.8) is 0 Å². The number of ketones is 2. The summed E-state index contributed by atoms with van der Waals surface area (Å²) in [7, 11) is 0. The Hall–Kier alpha value is -3.37. The van der Waals surface area contributed by atoms with Crippen LogP contribution in [0.1, 0.15) is 89.6 Å². The molecule has 1 aromatic rings. The van der Waals surface area contributed by atoms with Gasteiger partial charge in [-0.2, -0.15) is 0 Å². The lowest BCUT2D eigenvalue weighted by molar-refractivity contribution is -0.131. The molecular formula is C36H56N2O7. The number of phenols is 1. The molecule has 0 heterocycles. The summed E-state index contributed by atoms with van der Waals surface area (Å²) in [5, 5.41) is 30.6. The average molecular weight is 629 g/mol. The van der Waals surface area contributed by atoms with Crippen LogP contribution in [0.3, 0.4) is 0 Å². The minimum absolute atomic E-state index is 0. The Morgan fingerprint density at radius 2 is 1.73 bits per heavy atom. The van der Waals surface area contributed by atoms with Gasteiger partial charge in [-0.3, -0.25) is 19.3 Å². The first-order valence-electron chi connectivity index (χ1n) is 16.1. The highest BCUT2D eigenvalue weighted by molar-refractivity contribution is 6.02. The van der Waals surface area contributed by atoms with E-state index in [0.717, 1.165) is 55.6 Å². The minimum atomic E-state index is -0.850. The van der Waals surface area contributed by atoms with Crippen LogP contribution in [0.15, 0.2) is 54.2 Å². The Balaban J connectivity index is 0.00000705. The standard InChI is InChI=1S/C36H50N2O6.H2O.2H2/c1-3-16-38(17-4-2)23-25-9-7-5-6-8-10-27(12-11-25)29-13-14-32(41)36-30(29)20-26(21-34(36)43)19-28(15-18-39)31(24-40)33(42)22-35(37)44;;;/h5-8,11-14,26,28,31,39-41H,3-4,9-10,15-24H2,1-2H3,(H2,37,44);1H2;2*1H/b7-5-,8-6-,25-11+,27-12+;;;. The van der Waals surface area contributed by atoms with Crippen LogP contribution in [-0.2, 0) is 16.0 Å². The molecule has 9 heteroatoms. The van der Waals surface area contributed by atoms with Crippen LogP contribution in [-0.4, -0.2) is 76.0 Å². The SMILES string of the molecule is CCCN(CCC)C/C1=C/C=C(/c2ccc(O)c3c2CC(CC(CCO)C(CO)C(=O)CC(N)=O)CC3=O)C/C=C\C=C/C1.O.[HH].[HH]. The van der Waals surface area contributed by atoms with Gasteiger partial charge in [-0.1, -0.05) is 61.9 Å². The van der Waals surface area contributed by atoms with E-state index in [-0.39, 0.29) is 45.2 Å². The van der Waals surface area contributed by atoms with Crippen molar-refractivity contribution in [2.75, 3.05) is 32.8 Å². The van der Waals surface area contributed by atoms with Crippen molar-refractivity contribution in [2.24, 2.45) is 23.5 Å². The first-order valence-corrected chi connectivity index (χ1v) is 16.1. The van der Waals surface area contributed by atoms with E-state index in [2.05, 4.69) is 49.1 Å². The van der Waals surface area contributed by atoms with E-state index in [1.54, 1.807) is 6.07 Å². The number of benzene rings is 1. The van der Waals surface area contributed by atoms with Crippen molar-refractivity contribution in [1.29, 1.82) is 0 Å². The number of hydrogen-bond acceptors (Lipinski definition) is 7. The van der Waals surface area contributed by atoms with Gasteiger partial charge in [0.15, 0.2) is 5.78 Å². The lowest BCUT2D eigenvalue weighted by atomic mass is 9.72. The molecule has 3 rings (SSSR count). The third kappa shape index (κ3) is 10.9. The number of carbonyl (C=O) groups is 3. The fourth-order valence-electron chi connectivity index (χ4n) is 6.68. The van der Waals surface area contributed by atoms with E-state index in [9.17, 15) is 29.7 Å². The zero-order chi connectivity index (χ0) is 32.1. The van der Waals surface area contributed by atoms with Gasteiger partial charge >= 0.3 is 0 Å². The summed E-state index contributed by atoms with van der Waals surface area (Å²) in [4.78, 5) is 40.1. The summed E-state index contributed by atoms with van der Waals surface area (Å²) in [6.45, 7) is 6.72. The summed E-state index contributed by atoms with van der Waals surface area (Å²) in [5.74, 6) is -2.84. The van der Waals surface area contributed by atoms with Gasteiger partial charge in [0.05, 0.1) is 18.6 Å². The number of nitrogens with two attached hydrogens (primary N) is 1. The molecule has 2 aliphatic rings. The van der Waals surface area contributed by atoms with Crippen molar-refractivity contribution >= 4 is 23.0 Å². The van der Waals surface area contributed by atoms with Gasteiger partial charge in [0.25, 0.3) is 0 Å². The van der Waals surface area contributed by atoms with Gasteiger partial charge in [-0.05, 0) is 92.6 Å². The van der Waals surface area contributed by atoms with Gasteiger partial charge in [0.2, 0.25) is 5.91 Å². The summed E-state index contributed by atoms with van der Waals surface area (Å²) in [5.41, 5.74) is 9.65. The molecule has 0 spiro atoms. The molecule has 7 N–H and O–H groups in total. The summed E-state index contributed by atoms with van der Waals surface area (Å²) in [6, 6.07) is 3.49. The Labute approximate surface area is 270 Å². The molecular weight excluding hydrogens is 572 g/mol. The van der Waals surface area contributed by atoms with Crippen LogP contribution in [0.4, 0.5) is 0 Å². The van der Waals surface area contributed by atoms with Crippen molar-refractivity contribution in [3.05, 3.63) is 70.9 Å². The van der Waals surface area contributed by atoms with Gasteiger partial charge in [0, 0.05) is 28.3 Å². The number of fused-ring (bicyclic) bond motifs is 1. The van der Waals surface area contributed by atoms with Crippen LogP contribution >= 0.6 is 0 Å². The van der Waals surface area contributed by atoms with Crippen molar-refractivity contribution in [1.82, 2.24) is 4.90 Å². The number of phenolic OH excluding ortho intramolecular Hbond substituents is 1. The number of aliphatic hydroxyl groups excluding tert-OH is 2. The predicted molar refractivity (Wildman–Crippen MR) is 182 cm³/mol. The zero-order valence-electron chi connectivity index (χ0n) is 26.8. The Morgan fingerprint density at radius 1 is 1.04 bits per heavy atom. The molecule has 1 aromatic carbocycles. The van der Waals surface area contributed by atoms with E-state index in [1.807, 2.05) is 12.1 Å². The molecule has 0 bridgehead atoms. The number of carbonyl (C=O) groups excluding carboxylic acids is 3. The van der Waals surface area contributed by atoms with E-state index < -0.39 is 36.6 Å². The number of hydrogen-bond donors (Lipinski definition) is 4. The topological polar surface area (TPSA) is 173 Å². The predicted octanol–water partition coefficient (Wildman–Crippen LogP) is 4.58. The number of rotatable bonds is 16. The highest BCUT2D eigenvalue weighted by atomic mass is 16.3. The van der Waals surface area contributed by atoms with Gasteiger partial charge in [-0.15, -0.1) is 0 Å². The second-order valence-corrected chi connectivity index (χ2v) is 12.1. The largest absolute Gasteiger partial charge is 0.507 e. The quantitative estimate of drug-likeness (QED) is 0.194. The average Bonchev–Trinajstić information content (AvgIpc) is 2.97. The molecule has 0 fully saturated rings.